The van der Waals surface area contributed by atoms with Gasteiger partial charge < -0.3 is 4.74 Å². The first-order chi connectivity index (χ1) is 11.2. The van der Waals surface area contributed by atoms with Crippen molar-refractivity contribution >= 4 is 19.9 Å². The van der Waals surface area contributed by atoms with Crippen molar-refractivity contribution in [2.24, 2.45) is 0 Å². The first-order valence-electron chi connectivity index (χ1n) is 8.18. The van der Waals surface area contributed by atoms with E-state index in [0.717, 1.165) is 12.8 Å². The third-order valence-corrected chi connectivity index (χ3v) is 8.55. The van der Waals surface area contributed by atoms with Gasteiger partial charge in [0, 0.05) is 18.3 Å². The summed E-state index contributed by atoms with van der Waals surface area (Å²) in [6.07, 6.45) is 3.49. The van der Waals surface area contributed by atoms with Crippen molar-refractivity contribution in [1.29, 1.82) is 0 Å². The van der Waals surface area contributed by atoms with Gasteiger partial charge in [-0.1, -0.05) is 0 Å². The third-order valence-electron chi connectivity index (χ3n) is 4.94. The van der Waals surface area contributed by atoms with Crippen LogP contribution in [0.25, 0.3) is 0 Å². The molecule has 0 aliphatic carbocycles. The van der Waals surface area contributed by atoms with Crippen molar-refractivity contribution in [3.8, 4) is 5.75 Å². The fourth-order valence-corrected chi connectivity index (χ4v) is 6.86. The second-order valence-corrected chi connectivity index (χ2v) is 10.7. The van der Waals surface area contributed by atoms with Crippen LogP contribution in [0.2, 0.25) is 0 Å². The maximum atomic E-state index is 13.0. The number of hydrogen-bond donors (Lipinski definition) is 0. The molecule has 2 atom stereocenters. The van der Waals surface area contributed by atoms with Gasteiger partial charge in [0.1, 0.15) is 15.6 Å². The van der Waals surface area contributed by atoms with Crippen molar-refractivity contribution in [3.05, 3.63) is 24.3 Å². The SMILES string of the molecule is CCOc1ccc(S(=O)(=O)N2C3CCC2CC(S(C)(=O)=O)C3)cc1. The first-order valence-corrected chi connectivity index (χ1v) is 11.6. The predicted molar refractivity (Wildman–Crippen MR) is 91.3 cm³/mol. The lowest BCUT2D eigenvalue weighted by atomic mass is 10.1. The molecule has 0 radical (unpaired) electrons. The van der Waals surface area contributed by atoms with Crippen LogP contribution >= 0.6 is 0 Å². The minimum absolute atomic E-state index is 0.222. The van der Waals surface area contributed by atoms with Crippen molar-refractivity contribution < 1.29 is 21.6 Å². The molecule has 3 rings (SSSR count). The Morgan fingerprint density at radius 1 is 1.04 bits per heavy atom. The second-order valence-electron chi connectivity index (χ2n) is 6.55. The normalized spacial score (nSPS) is 28.0. The van der Waals surface area contributed by atoms with Crippen LogP contribution < -0.4 is 4.74 Å². The molecule has 0 N–H and O–H groups in total. The summed E-state index contributed by atoms with van der Waals surface area (Å²) in [5.74, 6) is 0.634. The van der Waals surface area contributed by atoms with E-state index in [0.29, 0.717) is 25.2 Å². The summed E-state index contributed by atoms with van der Waals surface area (Å²) in [5, 5.41) is -0.429. The molecule has 2 fully saturated rings. The Balaban J connectivity index is 1.86. The third kappa shape index (κ3) is 3.19. The monoisotopic (exact) mass is 373 g/mol. The summed E-state index contributed by atoms with van der Waals surface area (Å²) in [4.78, 5) is 0.237. The van der Waals surface area contributed by atoms with Gasteiger partial charge in [-0.2, -0.15) is 4.31 Å². The lowest BCUT2D eigenvalue weighted by Crippen LogP contribution is -2.49. The summed E-state index contributed by atoms with van der Waals surface area (Å²) in [5.41, 5.74) is 0. The van der Waals surface area contributed by atoms with Crippen molar-refractivity contribution in [1.82, 2.24) is 4.31 Å². The van der Waals surface area contributed by atoms with Crippen LogP contribution in [-0.4, -0.2) is 51.3 Å². The minimum atomic E-state index is -3.62. The summed E-state index contributed by atoms with van der Waals surface area (Å²) in [7, 11) is -6.75. The average molecular weight is 373 g/mol. The van der Waals surface area contributed by atoms with Gasteiger partial charge in [0.15, 0.2) is 0 Å². The summed E-state index contributed by atoms with van der Waals surface area (Å²) < 4.78 is 56.6. The summed E-state index contributed by atoms with van der Waals surface area (Å²) >= 11 is 0. The Morgan fingerprint density at radius 3 is 2.04 bits per heavy atom. The van der Waals surface area contributed by atoms with Crippen LogP contribution in [0.4, 0.5) is 0 Å². The van der Waals surface area contributed by atoms with Crippen LogP contribution in [-0.2, 0) is 19.9 Å². The highest BCUT2D eigenvalue weighted by Gasteiger charge is 2.49. The average Bonchev–Trinajstić information content (AvgIpc) is 2.79. The summed E-state index contributed by atoms with van der Waals surface area (Å²) in [6.45, 7) is 2.39. The number of sulfone groups is 1. The fraction of sp³-hybridized carbons (Fsp3) is 0.625. The van der Waals surface area contributed by atoms with Gasteiger partial charge in [-0.15, -0.1) is 0 Å². The lowest BCUT2D eigenvalue weighted by molar-refractivity contribution is 0.249. The standard InChI is InChI=1S/C16H23NO5S2/c1-3-22-14-6-8-15(9-7-14)24(20,21)17-12-4-5-13(17)11-16(10-12)23(2,18)19/h6-9,12-13,16H,3-5,10-11H2,1-2H3. The maximum Gasteiger partial charge on any atom is 0.243 e. The number of hydrogen-bond acceptors (Lipinski definition) is 5. The van der Waals surface area contributed by atoms with E-state index in [4.69, 9.17) is 4.74 Å². The highest BCUT2D eigenvalue weighted by molar-refractivity contribution is 7.91. The molecule has 2 bridgehead atoms. The molecule has 134 valence electrons. The smallest absolute Gasteiger partial charge is 0.243 e. The fourth-order valence-electron chi connectivity index (χ4n) is 3.82. The largest absolute Gasteiger partial charge is 0.494 e. The molecule has 0 saturated carbocycles. The van der Waals surface area contributed by atoms with E-state index >= 15 is 0 Å². The van der Waals surface area contributed by atoms with E-state index in [1.807, 2.05) is 6.92 Å². The molecule has 0 spiro atoms. The van der Waals surface area contributed by atoms with E-state index in [9.17, 15) is 16.8 Å². The molecule has 8 heteroatoms. The number of sulfonamides is 1. The van der Waals surface area contributed by atoms with Gasteiger partial charge in [-0.25, -0.2) is 16.8 Å². The number of nitrogens with zero attached hydrogens (tertiary/aromatic N) is 1. The van der Waals surface area contributed by atoms with Gasteiger partial charge in [0.25, 0.3) is 0 Å². The van der Waals surface area contributed by atoms with Gasteiger partial charge >= 0.3 is 0 Å². The van der Waals surface area contributed by atoms with Gasteiger partial charge in [0.05, 0.1) is 16.8 Å². The highest BCUT2D eigenvalue weighted by Crippen LogP contribution is 2.41. The number of piperidine rings is 1. The zero-order valence-electron chi connectivity index (χ0n) is 13.9. The van der Waals surface area contributed by atoms with E-state index in [1.54, 1.807) is 28.6 Å². The molecule has 24 heavy (non-hydrogen) atoms. The molecule has 0 amide bonds. The number of fused-ring (bicyclic) bond motifs is 2. The number of benzene rings is 1. The van der Waals surface area contributed by atoms with Crippen LogP contribution in [0.5, 0.6) is 5.75 Å². The molecule has 2 saturated heterocycles. The van der Waals surface area contributed by atoms with Crippen LogP contribution in [0.1, 0.15) is 32.6 Å². The van der Waals surface area contributed by atoms with E-state index in [-0.39, 0.29) is 17.0 Å². The number of ether oxygens (including phenoxy) is 1. The maximum absolute atomic E-state index is 13.0. The molecule has 6 nitrogen and oxygen atoms in total. The highest BCUT2D eigenvalue weighted by atomic mass is 32.2. The Labute approximate surface area is 143 Å². The number of rotatable bonds is 5. The van der Waals surface area contributed by atoms with Crippen LogP contribution in [0.15, 0.2) is 29.2 Å². The minimum Gasteiger partial charge on any atom is -0.494 e. The molecule has 1 aromatic rings. The molecule has 2 unspecified atom stereocenters. The quantitative estimate of drug-likeness (QED) is 0.786. The van der Waals surface area contributed by atoms with E-state index in [2.05, 4.69) is 0 Å². The van der Waals surface area contributed by atoms with Crippen molar-refractivity contribution in [2.45, 2.75) is 54.8 Å². The first kappa shape index (κ1) is 17.7. The molecule has 1 aromatic carbocycles. The van der Waals surface area contributed by atoms with E-state index in [1.165, 1.54) is 6.26 Å². The van der Waals surface area contributed by atoms with Gasteiger partial charge in [0.2, 0.25) is 10.0 Å². The molecule has 0 aromatic heterocycles. The van der Waals surface area contributed by atoms with Gasteiger partial charge in [-0.3, -0.25) is 0 Å². The Bertz CT molecular complexity index is 787. The second kappa shape index (κ2) is 6.31. The molecular formula is C16H23NO5S2. The topological polar surface area (TPSA) is 80.8 Å². The van der Waals surface area contributed by atoms with Gasteiger partial charge in [-0.05, 0) is 56.9 Å². The zero-order valence-corrected chi connectivity index (χ0v) is 15.5. The molecule has 2 heterocycles. The summed E-state index contributed by atoms with van der Waals surface area (Å²) in [6, 6.07) is 5.98. The Kier molecular flexibility index (Phi) is 4.65. The Hall–Kier alpha value is -1.12. The van der Waals surface area contributed by atoms with Crippen molar-refractivity contribution in [2.75, 3.05) is 12.9 Å². The van der Waals surface area contributed by atoms with E-state index < -0.39 is 25.1 Å². The van der Waals surface area contributed by atoms with Crippen LogP contribution in [0, 0.1) is 0 Å². The zero-order chi connectivity index (χ0) is 17.5. The predicted octanol–water partition coefficient (Wildman–Crippen LogP) is 1.81. The molecular weight excluding hydrogens is 350 g/mol. The lowest BCUT2D eigenvalue weighted by Gasteiger charge is -2.37. The Morgan fingerprint density at radius 2 is 1.58 bits per heavy atom. The van der Waals surface area contributed by atoms with Crippen molar-refractivity contribution in [3.63, 3.8) is 0 Å². The van der Waals surface area contributed by atoms with Crippen LogP contribution in [0.3, 0.4) is 0 Å². The molecule has 2 aliphatic rings. The molecule has 2 aliphatic heterocycles.